The van der Waals surface area contributed by atoms with Crippen LogP contribution in [0.4, 0.5) is 11.6 Å². The van der Waals surface area contributed by atoms with Crippen LogP contribution in [0.25, 0.3) is 22.5 Å². The van der Waals surface area contributed by atoms with Crippen molar-refractivity contribution in [1.82, 2.24) is 20.2 Å². The number of hydrogen-bond donors (Lipinski definition) is 2. The Morgan fingerprint density at radius 3 is 2.79 bits per heavy atom. The van der Waals surface area contributed by atoms with Crippen molar-refractivity contribution in [2.75, 3.05) is 12.1 Å². The summed E-state index contributed by atoms with van der Waals surface area (Å²) in [7, 11) is 0. The lowest BCUT2D eigenvalue weighted by molar-refractivity contribution is 0.00695. The smallest absolute Gasteiger partial charge is 0.338 e. The second-order valence-electron chi connectivity index (χ2n) is 8.69. The maximum atomic E-state index is 12.4. The van der Waals surface area contributed by atoms with E-state index in [4.69, 9.17) is 14.2 Å². The first-order valence-electron chi connectivity index (χ1n) is 10.7. The van der Waals surface area contributed by atoms with Crippen LogP contribution in [0.2, 0.25) is 0 Å². The Labute approximate surface area is 196 Å². The fourth-order valence-corrected chi connectivity index (χ4v) is 3.51. The van der Waals surface area contributed by atoms with Gasteiger partial charge >= 0.3 is 5.97 Å². The molecule has 3 heterocycles. The summed E-state index contributed by atoms with van der Waals surface area (Å²) in [5, 5.41) is 10.5. The number of aromatic amines is 1. The van der Waals surface area contributed by atoms with Crippen LogP contribution >= 0.6 is 0 Å². The normalized spacial score (nSPS) is 12.4. The van der Waals surface area contributed by atoms with E-state index in [2.05, 4.69) is 25.5 Å². The van der Waals surface area contributed by atoms with Gasteiger partial charge in [0, 0.05) is 29.2 Å². The lowest BCUT2D eigenvalue weighted by Crippen LogP contribution is -2.23. The molecule has 0 amide bonds. The van der Waals surface area contributed by atoms with Crippen LogP contribution in [0.15, 0.2) is 60.9 Å². The summed E-state index contributed by atoms with van der Waals surface area (Å²) < 4.78 is 16.3. The number of nitrogens with one attached hydrogen (secondary N) is 2. The van der Waals surface area contributed by atoms with Crippen LogP contribution in [-0.4, -0.2) is 38.5 Å². The molecular formula is C25H23N5O4. The molecule has 0 saturated carbocycles. The highest BCUT2D eigenvalue weighted by Crippen LogP contribution is 2.38. The third-order valence-electron chi connectivity index (χ3n) is 4.97. The van der Waals surface area contributed by atoms with E-state index in [1.54, 1.807) is 30.6 Å². The summed E-state index contributed by atoms with van der Waals surface area (Å²) in [5.41, 5.74) is 3.64. The number of aromatic nitrogens is 4. The summed E-state index contributed by atoms with van der Waals surface area (Å²) >= 11 is 0. The average Bonchev–Trinajstić information content (AvgIpc) is 3.47. The van der Waals surface area contributed by atoms with Crippen molar-refractivity contribution in [3.05, 3.63) is 66.5 Å². The van der Waals surface area contributed by atoms with Crippen molar-refractivity contribution >= 4 is 17.6 Å². The van der Waals surface area contributed by atoms with E-state index in [0.717, 1.165) is 16.8 Å². The molecule has 0 unspecified atom stereocenters. The van der Waals surface area contributed by atoms with Crippen LogP contribution < -0.4 is 14.8 Å². The molecule has 172 valence electrons. The van der Waals surface area contributed by atoms with Crippen LogP contribution in [0.5, 0.6) is 11.5 Å². The van der Waals surface area contributed by atoms with Crippen LogP contribution in [0.1, 0.15) is 31.1 Å². The fraction of sp³-hybridized carbons (Fsp3) is 0.200. The minimum atomic E-state index is -0.571. The minimum Gasteiger partial charge on any atom is -0.456 e. The molecule has 1 aliphatic rings. The quantitative estimate of drug-likeness (QED) is 0.405. The van der Waals surface area contributed by atoms with Gasteiger partial charge in [0.2, 0.25) is 12.7 Å². The number of carbonyl (C=O) groups is 1. The third kappa shape index (κ3) is 4.54. The Hall–Kier alpha value is -4.40. The monoisotopic (exact) mass is 457 g/mol. The molecule has 9 heteroatoms. The first-order valence-corrected chi connectivity index (χ1v) is 10.7. The van der Waals surface area contributed by atoms with Crippen LogP contribution in [-0.2, 0) is 4.74 Å². The van der Waals surface area contributed by atoms with Gasteiger partial charge in [0.1, 0.15) is 11.3 Å². The largest absolute Gasteiger partial charge is 0.456 e. The zero-order valence-corrected chi connectivity index (χ0v) is 19.0. The molecule has 0 atom stereocenters. The number of hydrogen-bond acceptors (Lipinski definition) is 8. The van der Waals surface area contributed by atoms with Crippen molar-refractivity contribution in [3.63, 3.8) is 0 Å². The topological polar surface area (TPSA) is 111 Å². The van der Waals surface area contributed by atoms with Gasteiger partial charge in [0.15, 0.2) is 11.5 Å². The maximum absolute atomic E-state index is 12.4. The predicted molar refractivity (Wildman–Crippen MR) is 126 cm³/mol. The lowest BCUT2D eigenvalue weighted by Gasteiger charge is -2.19. The number of nitrogens with zero attached hydrogens (tertiary/aromatic N) is 3. The average molecular weight is 457 g/mol. The second-order valence-corrected chi connectivity index (χ2v) is 8.69. The van der Waals surface area contributed by atoms with Gasteiger partial charge in [-0.05, 0) is 63.2 Å². The first kappa shape index (κ1) is 21.4. The molecule has 2 aromatic heterocycles. The van der Waals surface area contributed by atoms with E-state index in [1.165, 1.54) is 0 Å². The summed E-state index contributed by atoms with van der Waals surface area (Å²) in [5.74, 6) is 1.39. The first-order chi connectivity index (χ1) is 16.4. The molecule has 1 aliphatic heterocycles. The molecule has 0 saturated heterocycles. The number of ether oxygens (including phenoxy) is 3. The molecule has 2 aromatic carbocycles. The Morgan fingerprint density at radius 2 is 1.94 bits per heavy atom. The van der Waals surface area contributed by atoms with Crippen molar-refractivity contribution in [3.8, 4) is 34.0 Å². The number of esters is 1. The maximum Gasteiger partial charge on any atom is 0.338 e. The second kappa shape index (κ2) is 8.51. The molecule has 2 N–H and O–H groups in total. The highest BCUT2D eigenvalue weighted by molar-refractivity contribution is 5.91. The standard InChI is InChI=1S/C25H23N5O4/c1-25(2,3)34-23(31)16-5-4-6-17(11-16)28-24-26-10-9-19(29-24)18-13-27-30-22(18)15-7-8-20-21(12-15)33-14-32-20/h4-13H,14H2,1-3H3,(H,27,30)(H,26,28,29). The predicted octanol–water partition coefficient (Wildman–Crippen LogP) is 4.96. The van der Waals surface area contributed by atoms with Crippen molar-refractivity contribution < 1.29 is 19.0 Å². The SMILES string of the molecule is CC(C)(C)OC(=O)c1cccc(Nc2nccc(-c3c[nH]nc3-c3ccc4c(c3)OCO4)n2)c1. The number of benzene rings is 2. The number of rotatable bonds is 5. The van der Waals surface area contributed by atoms with Gasteiger partial charge in [-0.2, -0.15) is 5.10 Å². The van der Waals surface area contributed by atoms with Gasteiger partial charge in [-0.15, -0.1) is 0 Å². The van der Waals surface area contributed by atoms with Crippen molar-refractivity contribution in [1.29, 1.82) is 0 Å². The van der Waals surface area contributed by atoms with Crippen LogP contribution in [0, 0.1) is 0 Å². The van der Waals surface area contributed by atoms with Gasteiger partial charge < -0.3 is 19.5 Å². The number of H-pyrrole nitrogens is 1. The lowest BCUT2D eigenvalue weighted by atomic mass is 10.1. The molecule has 4 aromatic rings. The van der Waals surface area contributed by atoms with Gasteiger partial charge in [-0.3, -0.25) is 5.10 Å². The minimum absolute atomic E-state index is 0.211. The van der Waals surface area contributed by atoms with E-state index in [9.17, 15) is 4.79 Å². The van der Waals surface area contributed by atoms with E-state index < -0.39 is 11.6 Å². The Morgan fingerprint density at radius 1 is 1.09 bits per heavy atom. The molecule has 0 bridgehead atoms. The number of fused-ring (bicyclic) bond motifs is 1. The highest BCUT2D eigenvalue weighted by Gasteiger charge is 2.19. The summed E-state index contributed by atoms with van der Waals surface area (Å²) in [4.78, 5) is 21.4. The van der Waals surface area contributed by atoms with E-state index >= 15 is 0 Å². The van der Waals surface area contributed by atoms with Crippen molar-refractivity contribution in [2.45, 2.75) is 26.4 Å². The third-order valence-corrected chi connectivity index (χ3v) is 4.97. The van der Waals surface area contributed by atoms with Gasteiger partial charge in [0.25, 0.3) is 0 Å². The molecule has 0 spiro atoms. The molecule has 0 radical (unpaired) electrons. The number of anilines is 2. The number of carbonyl (C=O) groups excluding carboxylic acids is 1. The van der Waals surface area contributed by atoms with E-state index in [-0.39, 0.29) is 6.79 Å². The summed E-state index contributed by atoms with van der Waals surface area (Å²) in [6, 6.07) is 14.5. The molecule has 34 heavy (non-hydrogen) atoms. The Kier molecular flexibility index (Phi) is 5.37. The van der Waals surface area contributed by atoms with E-state index in [0.29, 0.717) is 34.4 Å². The zero-order chi connectivity index (χ0) is 23.7. The molecular weight excluding hydrogens is 434 g/mol. The van der Waals surface area contributed by atoms with Crippen LogP contribution in [0.3, 0.4) is 0 Å². The Bertz CT molecular complexity index is 1360. The molecule has 0 aliphatic carbocycles. The fourth-order valence-electron chi connectivity index (χ4n) is 3.51. The molecule has 0 fully saturated rings. The molecule has 5 rings (SSSR count). The Balaban J connectivity index is 1.39. The van der Waals surface area contributed by atoms with Gasteiger partial charge in [-0.1, -0.05) is 6.07 Å². The van der Waals surface area contributed by atoms with Crippen molar-refractivity contribution in [2.24, 2.45) is 0 Å². The zero-order valence-electron chi connectivity index (χ0n) is 19.0. The van der Waals surface area contributed by atoms with Gasteiger partial charge in [0.05, 0.1) is 11.3 Å². The molecule has 9 nitrogen and oxygen atoms in total. The summed E-state index contributed by atoms with van der Waals surface area (Å²) in [6.45, 7) is 5.71. The van der Waals surface area contributed by atoms with Gasteiger partial charge in [-0.25, -0.2) is 14.8 Å². The summed E-state index contributed by atoms with van der Waals surface area (Å²) in [6.07, 6.45) is 3.45. The highest BCUT2D eigenvalue weighted by atomic mass is 16.7. The van der Waals surface area contributed by atoms with E-state index in [1.807, 2.05) is 51.1 Å².